The summed E-state index contributed by atoms with van der Waals surface area (Å²) in [6, 6.07) is 0. The van der Waals surface area contributed by atoms with E-state index in [4.69, 9.17) is 4.74 Å². The van der Waals surface area contributed by atoms with Crippen molar-refractivity contribution in [3.63, 3.8) is 0 Å². The molecule has 2 unspecified atom stereocenters. The number of nitrogens with zero attached hydrogens (tertiary/aromatic N) is 2. The van der Waals surface area contributed by atoms with Crippen molar-refractivity contribution in [2.45, 2.75) is 44.3 Å². The number of amidine groups is 1. The predicted octanol–water partition coefficient (Wildman–Crippen LogP) is 2.89. The second-order valence-corrected chi connectivity index (χ2v) is 6.89. The van der Waals surface area contributed by atoms with Crippen molar-refractivity contribution >= 4 is 34.1 Å². The van der Waals surface area contributed by atoms with Gasteiger partial charge >= 0.3 is 0 Å². The number of ether oxygens (including phenoxy) is 1. The Morgan fingerprint density at radius 3 is 2.84 bits per heavy atom. The number of hydrogen-bond acceptors (Lipinski definition) is 6. The maximum Gasteiger partial charge on any atom is 0.288 e. The highest BCUT2D eigenvalue weighted by atomic mass is 32.2. The first-order valence-electron chi connectivity index (χ1n) is 6.60. The summed E-state index contributed by atoms with van der Waals surface area (Å²) in [7, 11) is 3.46. The maximum atomic E-state index is 11.6. The van der Waals surface area contributed by atoms with E-state index in [0.29, 0.717) is 11.1 Å². The van der Waals surface area contributed by atoms with Gasteiger partial charge in [-0.3, -0.25) is 4.79 Å². The molecule has 1 aliphatic heterocycles. The number of thioether (sulfide) groups is 1. The first-order chi connectivity index (χ1) is 9.06. The molecule has 1 fully saturated rings. The minimum absolute atomic E-state index is 0.0312. The summed E-state index contributed by atoms with van der Waals surface area (Å²) in [5.74, 6) is 0.663. The molecule has 1 aliphatic carbocycles. The van der Waals surface area contributed by atoms with Crippen LogP contribution in [0.5, 0.6) is 0 Å². The fraction of sp³-hybridized carbons (Fsp3) is 0.833. The van der Waals surface area contributed by atoms with Crippen molar-refractivity contribution in [1.82, 2.24) is 9.62 Å². The lowest BCUT2D eigenvalue weighted by Gasteiger charge is -2.21. The molecule has 1 amide bonds. The fourth-order valence-corrected chi connectivity index (χ4v) is 3.77. The minimum atomic E-state index is -0.229. The molecule has 2 atom stereocenters. The molecule has 108 valence electrons. The molecule has 0 aromatic carbocycles. The monoisotopic (exact) mass is 303 g/mol. The molecule has 1 saturated carbocycles. The van der Waals surface area contributed by atoms with Gasteiger partial charge in [0.2, 0.25) is 5.56 Å². The molecular formula is C12H21N3O2S2. The van der Waals surface area contributed by atoms with E-state index in [0.717, 1.165) is 11.8 Å². The molecule has 0 saturated heterocycles. The van der Waals surface area contributed by atoms with Gasteiger partial charge in [0.15, 0.2) is 5.17 Å². The van der Waals surface area contributed by atoms with E-state index in [1.54, 1.807) is 14.1 Å². The Hall–Kier alpha value is -0.400. The first-order valence-corrected chi connectivity index (χ1v) is 8.30. The van der Waals surface area contributed by atoms with Gasteiger partial charge in [-0.1, -0.05) is 12.8 Å². The molecule has 5 nitrogen and oxygen atoms in total. The molecule has 2 aliphatic rings. The van der Waals surface area contributed by atoms with Gasteiger partial charge in [0.1, 0.15) is 0 Å². The Balaban J connectivity index is 1.79. The highest BCUT2D eigenvalue weighted by molar-refractivity contribution is 8.27. The zero-order chi connectivity index (χ0) is 13.8. The van der Waals surface area contributed by atoms with Gasteiger partial charge < -0.3 is 14.4 Å². The van der Waals surface area contributed by atoms with Gasteiger partial charge in [0.25, 0.3) is 5.24 Å². The van der Waals surface area contributed by atoms with Gasteiger partial charge in [-0.15, -0.1) is 0 Å². The number of aliphatic imine (C=N–C) groups is 1. The van der Waals surface area contributed by atoms with E-state index in [1.807, 2.05) is 0 Å². The molecule has 2 rings (SSSR count). The largest absolute Gasteiger partial charge is 0.343 e. The molecule has 0 spiro atoms. The first kappa shape index (κ1) is 15.0. The second kappa shape index (κ2) is 6.85. The molecular weight excluding hydrogens is 282 g/mol. The SMILES string of the molecule is CC(OC1N=C(SC(=O)N(C)C)NS1)C1CCCC1. The van der Waals surface area contributed by atoms with Crippen LogP contribution >= 0.6 is 23.7 Å². The summed E-state index contributed by atoms with van der Waals surface area (Å²) in [6.45, 7) is 2.13. The Bertz CT molecular complexity index is 357. The van der Waals surface area contributed by atoms with Crippen LogP contribution in [0, 0.1) is 5.92 Å². The topological polar surface area (TPSA) is 53.9 Å². The third kappa shape index (κ3) is 4.29. The van der Waals surface area contributed by atoms with Crippen LogP contribution in [0.1, 0.15) is 32.6 Å². The molecule has 19 heavy (non-hydrogen) atoms. The van der Waals surface area contributed by atoms with Crippen LogP contribution in [0.4, 0.5) is 4.79 Å². The van der Waals surface area contributed by atoms with Crippen LogP contribution in [-0.4, -0.2) is 41.1 Å². The molecule has 0 aromatic rings. The van der Waals surface area contributed by atoms with Gasteiger partial charge in [-0.05, 0) is 25.7 Å². The van der Waals surface area contributed by atoms with Crippen LogP contribution < -0.4 is 4.72 Å². The van der Waals surface area contributed by atoms with E-state index in [9.17, 15) is 4.79 Å². The highest BCUT2D eigenvalue weighted by Crippen LogP contribution is 2.32. The van der Waals surface area contributed by atoms with E-state index in [1.165, 1.54) is 42.5 Å². The van der Waals surface area contributed by atoms with Crippen molar-refractivity contribution in [3.8, 4) is 0 Å². The van der Waals surface area contributed by atoms with Crippen LogP contribution in [0.2, 0.25) is 0 Å². The summed E-state index contributed by atoms with van der Waals surface area (Å²) in [5, 5.41) is 0.601. The van der Waals surface area contributed by atoms with Crippen molar-refractivity contribution in [2.75, 3.05) is 14.1 Å². The normalized spacial score (nSPS) is 25.0. The average molecular weight is 303 g/mol. The smallest absolute Gasteiger partial charge is 0.288 e. The molecule has 0 aromatic heterocycles. The van der Waals surface area contributed by atoms with Crippen molar-refractivity contribution in [1.29, 1.82) is 0 Å². The summed E-state index contributed by atoms with van der Waals surface area (Å²) in [5.41, 5.74) is -0.229. The number of amides is 1. The summed E-state index contributed by atoms with van der Waals surface area (Å²) >= 11 is 2.53. The zero-order valence-electron chi connectivity index (χ0n) is 11.6. The molecule has 0 bridgehead atoms. The lowest BCUT2D eigenvalue weighted by molar-refractivity contribution is 0.0155. The minimum Gasteiger partial charge on any atom is -0.343 e. The van der Waals surface area contributed by atoms with Gasteiger partial charge in [-0.25, -0.2) is 4.99 Å². The Labute approximate surface area is 123 Å². The van der Waals surface area contributed by atoms with Crippen molar-refractivity contribution in [3.05, 3.63) is 0 Å². The second-order valence-electron chi connectivity index (χ2n) is 5.11. The van der Waals surface area contributed by atoms with Gasteiger partial charge in [-0.2, -0.15) is 0 Å². The quantitative estimate of drug-likeness (QED) is 0.813. The Morgan fingerprint density at radius 1 is 1.53 bits per heavy atom. The van der Waals surface area contributed by atoms with Crippen LogP contribution in [0.25, 0.3) is 0 Å². The van der Waals surface area contributed by atoms with E-state index < -0.39 is 0 Å². The number of rotatable bonds is 3. The van der Waals surface area contributed by atoms with Crippen LogP contribution in [0.3, 0.4) is 0 Å². The lowest BCUT2D eigenvalue weighted by atomic mass is 10.0. The highest BCUT2D eigenvalue weighted by Gasteiger charge is 2.28. The van der Waals surface area contributed by atoms with Crippen molar-refractivity contribution < 1.29 is 9.53 Å². The summed E-state index contributed by atoms with van der Waals surface area (Å²) in [4.78, 5) is 17.5. The van der Waals surface area contributed by atoms with Crippen LogP contribution in [-0.2, 0) is 4.74 Å². The third-order valence-corrected chi connectivity index (χ3v) is 5.21. The van der Waals surface area contributed by atoms with E-state index in [2.05, 4.69) is 16.6 Å². The Kier molecular flexibility index (Phi) is 5.41. The lowest BCUT2D eigenvalue weighted by Crippen LogP contribution is -2.22. The number of carbonyl (C=O) groups excluding carboxylic acids is 1. The fourth-order valence-electron chi connectivity index (χ4n) is 2.25. The average Bonchev–Trinajstić information content (AvgIpc) is 3.00. The van der Waals surface area contributed by atoms with E-state index in [-0.39, 0.29) is 16.9 Å². The van der Waals surface area contributed by atoms with E-state index >= 15 is 0 Å². The molecule has 1 heterocycles. The molecule has 7 heteroatoms. The maximum absolute atomic E-state index is 11.6. The van der Waals surface area contributed by atoms with Gasteiger partial charge in [0.05, 0.1) is 6.10 Å². The third-order valence-electron chi connectivity index (χ3n) is 3.41. The van der Waals surface area contributed by atoms with Crippen molar-refractivity contribution in [2.24, 2.45) is 10.9 Å². The standard InChI is InChI=1S/C12H21N3O2S2/c1-8(9-6-4-5-7-9)17-11-13-10(14-19-11)18-12(16)15(2)3/h8-9,11H,4-7H2,1-3H3,(H,13,14). The van der Waals surface area contributed by atoms with Gasteiger partial charge in [0, 0.05) is 37.8 Å². The Morgan fingerprint density at radius 2 is 2.21 bits per heavy atom. The summed E-state index contributed by atoms with van der Waals surface area (Å²) < 4.78 is 8.99. The number of nitrogens with one attached hydrogen (secondary N) is 1. The number of hydrogen-bond donors (Lipinski definition) is 1. The zero-order valence-corrected chi connectivity index (χ0v) is 13.2. The molecule has 1 N–H and O–H groups in total. The van der Waals surface area contributed by atoms with Crippen LogP contribution in [0.15, 0.2) is 4.99 Å². The predicted molar refractivity (Wildman–Crippen MR) is 81.1 cm³/mol. The molecule has 0 radical (unpaired) electrons. The number of carbonyl (C=O) groups is 1. The summed E-state index contributed by atoms with van der Waals surface area (Å²) in [6.07, 6.45) is 5.39.